The molecule has 0 saturated heterocycles. The van der Waals surface area contributed by atoms with Crippen molar-refractivity contribution in [1.29, 1.82) is 0 Å². The summed E-state index contributed by atoms with van der Waals surface area (Å²) in [6, 6.07) is 11.6. The van der Waals surface area contributed by atoms with Crippen molar-refractivity contribution in [1.82, 2.24) is 5.32 Å². The van der Waals surface area contributed by atoms with Crippen LogP contribution in [-0.4, -0.2) is 11.1 Å². The maximum atomic E-state index is 11.2. The second kappa shape index (κ2) is 7.22. The highest BCUT2D eigenvalue weighted by molar-refractivity contribution is 7.10. The number of benzene rings is 1. The zero-order valence-electron chi connectivity index (χ0n) is 11.5. The zero-order valence-corrected chi connectivity index (χ0v) is 12.3. The molecule has 0 spiro atoms. The molecule has 1 atom stereocenters. The molecule has 1 unspecified atom stereocenters. The van der Waals surface area contributed by atoms with Crippen LogP contribution in [0.25, 0.3) is 0 Å². The van der Waals surface area contributed by atoms with Crippen LogP contribution in [-0.2, 0) is 6.54 Å². The Balaban J connectivity index is 2.08. The number of carbonyl (C=O) groups is 1. The maximum absolute atomic E-state index is 11.2. The quantitative estimate of drug-likeness (QED) is 0.807. The summed E-state index contributed by atoms with van der Waals surface area (Å²) in [5.41, 5.74) is 1.21. The van der Waals surface area contributed by atoms with E-state index in [0.717, 1.165) is 18.4 Å². The minimum Gasteiger partial charge on any atom is -0.478 e. The van der Waals surface area contributed by atoms with Gasteiger partial charge in [0.2, 0.25) is 0 Å². The van der Waals surface area contributed by atoms with E-state index in [2.05, 4.69) is 29.8 Å². The molecule has 0 amide bonds. The number of aromatic carboxylic acids is 1. The third kappa shape index (κ3) is 3.68. The molecule has 1 heterocycles. The van der Waals surface area contributed by atoms with Crippen molar-refractivity contribution in [2.45, 2.75) is 32.4 Å². The van der Waals surface area contributed by atoms with Crippen LogP contribution in [0.4, 0.5) is 0 Å². The summed E-state index contributed by atoms with van der Waals surface area (Å²) in [5, 5.41) is 14.7. The van der Waals surface area contributed by atoms with E-state index in [9.17, 15) is 9.90 Å². The molecule has 0 saturated carbocycles. The van der Waals surface area contributed by atoms with Gasteiger partial charge in [-0.1, -0.05) is 37.6 Å². The first-order valence-corrected chi connectivity index (χ1v) is 7.68. The number of hydrogen-bond donors (Lipinski definition) is 2. The molecule has 4 heteroatoms. The molecule has 2 N–H and O–H groups in total. The molecule has 106 valence electrons. The number of thiophene rings is 1. The number of nitrogens with one attached hydrogen (secondary N) is 1. The number of carboxylic acid groups (broad SMARTS) is 1. The van der Waals surface area contributed by atoms with Crippen LogP contribution in [0.15, 0.2) is 41.8 Å². The molecule has 1 aromatic carbocycles. The third-order valence-electron chi connectivity index (χ3n) is 3.25. The monoisotopic (exact) mass is 289 g/mol. The SMILES string of the molecule is CCCC(NCc1ccccc1C(=O)O)c1cccs1. The van der Waals surface area contributed by atoms with Gasteiger partial charge in [-0.2, -0.15) is 0 Å². The third-order valence-corrected chi connectivity index (χ3v) is 4.24. The molecule has 0 radical (unpaired) electrons. The zero-order chi connectivity index (χ0) is 14.4. The minimum atomic E-state index is -0.870. The van der Waals surface area contributed by atoms with E-state index in [1.807, 2.05) is 12.1 Å². The van der Waals surface area contributed by atoms with E-state index in [1.54, 1.807) is 23.5 Å². The summed E-state index contributed by atoms with van der Waals surface area (Å²) in [7, 11) is 0. The van der Waals surface area contributed by atoms with Crippen LogP contribution in [0.1, 0.15) is 46.6 Å². The summed E-state index contributed by atoms with van der Waals surface area (Å²) in [4.78, 5) is 12.5. The molecule has 0 bridgehead atoms. The second-order valence-electron chi connectivity index (χ2n) is 4.70. The lowest BCUT2D eigenvalue weighted by Gasteiger charge is -2.17. The highest BCUT2D eigenvalue weighted by atomic mass is 32.1. The van der Waals surface area contributed by atoms with Gasteiger partial charge in [0.15, 0.2) is 0 Å². The lowest BCUT2D eigenvalue weighted by atomic mass is 10.1. The summed E-state index contributed by atoms with van der Waals surface area (Å²) < 4.78 is 0. The number of rotatable bonds is 7. The first kappa shape index (κ1) is 14.8. The lowest BCUT2D eigenvalue weighted by Crippen LogP contribution is -2.21. The number of carboxylic acids is 1. The molecule has 0 aliphatic heterocycles. The smallest absolute Gasteiger partial charge is 0.336 e. The van der Waals surface area contributed by atoms with Gasteiger partial charge in [0.05, 0.1) is 5.56 Å². The maximum Gasteiger partial charge on any atom is 0.336 e. The summed E-state index contributed by atoms with van der Waals surface area (Å²) in [6.07, 6.45) is 2.14. The molecule has 0 aliphatic carbocycles. The predicted octanol–water partition coefficient (Wildman–Crippen LogP) is 4.08. The predicted molar refractivity (Wildman–Crippen MR) is 82.2 cm³/mol. The van der Waals surface area contributed by atoms with Crippen LogP contribution in [0.2, 0.25) is 0 Å². The van der Waals surface area contributed by atoms with Crippen molar-refractivity contribution in [3.05, 3.63) is 57.8 Å². The standard InChI is InChI=1S/C16H19NO2S/c1-2-6-14(15-9-5-10-20-15)17-11-12-7-3-4-8-13(12)16(18)19/h3-5,7-10,14,17H,2,6,11H2,1H3,(H,18,19). The number of hydrogen-bond acceptors (Lipinski definition) is 3. The van der Waals surface area contributed by atoms with E-state index < -0.39 is 5.97 Å². The molecule has 2 rings (SSSR count). The first-order valence-electron chi connectivity index (χ1n) is 6.80. The lowest BCUT2D eigenvalue weighted by molar-refractivity contribution is 0.0695. The Morgan fingerprint density at radius 1 is 1.30 bits per heavy atom. The summed E-state index contributed by atoms with van der Waals surface area (Å²) in [6.45, 7) is 2.73. The average Bonchev–Trinajstić information content (AvgIpc) is 2.97. The van der Waals surface area contributed by atoms with Crippen LogP contribution < -0.4 is 5.32 Å². The van der Waals surface area contributed by atoms with E-state index in [4.69, 9.17) is 0 Å². The molecule has 20 heavy (non-hydrogen) atoms. The van der Waals surface area contributed by atoms with Gasteiger partial charge in [-0.25, -0.2) is 4.79 Å². The molecular formula is C16H19NO2S. The van der Waals surface area contributed by atoms with Crippen LogP contribution in [0.3, 0.4) is 0 Å². The van der Waals surface area contributed by atoms with Crippen LogP contribution >= 0.6 is 11.3 Å². The van der Waals surface area contributed by atoms with Gasteiger partial charge in [-0.15, -0.1) is 11.3 Å². The van der Waals surface area contributed by atoms with Gasteiger partial charge in [0.1, 0.15) is 0 Å². The summed E-state index contributed by atoms with van der Waals surface area (Å²) in [5.74, 6) is -0.870. The van der Waals surface area contributed by atoms with Crippen molar-refractivity contribution < 1.29 is 9.90 Å². The van der Waals surface area contributed by atoms with E-state index >= 15 is 0 Å². The molecule has 2 aromatic rings. The van der Waals surface area contributed by atoms with Crippen molar-refractivity contribution in [2.24, 2.45) is 0 Å². The highest BCUT2D eigenvalue weighted by Crippen LogP contribution is 2.24. The minimum absolute atomic E-state index is 0.293. The van der Waals surface area contributed by atoms with E-state index in [-0.39, 0.29) is 0 Å². The van der Waals surface area contributed by atoms with E-state index in [0.29, 0.717) is 18.2 Å². The Bertz CT molecular complexity index is 551. The van der Waals surface area contributed by atoms with Crippen LogP contribution in [0, 0.1) is 0 Å². The Morgan fingerprint density at radius 2 is 2.10 bits per heavy atom. The molecule has 0 fully saturated rings. The fraction of sp³-hybridized carbons (Fsp3) is 0.312. The molecule has 3 nitrogen and oxygen atoms in total. The van der Waals surface area contributed by atoms with Gasteiger partial charge < -0.3 is 10.4 Å². The average molecular weight is 289 g/mol. The normalized spacial score (nSPS) is 12.2. The Morgan fingerprint density at radius 3 is 2.75 bits per heavy atom. The highest BCUT2D eigenvalue weighted by Gasteiger charge is 2.13. The Kier molecular flexibility index (Phi) is 5.32. The fourth-order valence-corrected chi connectivity index (χ4v) is 3.08. The van der Waals surface area contributed by atoms with Crippen LogP contribution in [0.5, 0.6) is 0 Å². The van der Waals surface area contributed by atoms with Crippen molar-refractivity contribution >= 4 is 17.3 Å². The van der Waals surface area contributed by atoms with Crippen molar-refractivity contribution in [3.8, 4) is 0 Å². The van der Waals surface area contributed by atoms with Gasteiger partial charge >= 0.3 is 5.97 Å². The molecule has 1 aromatic heterocycles. The van der Waals surface area contributed by atoms with Gasteiger partial charge in [0, 0.05) is 17.5 Å². The Hall–Kier alpha value is -1.65. The summed E-state index contributed by atoms with van der Waals surface area (Å²) >= 11 is 1.74. The molecular weight excluding hydrogens is 270 g/mol. The van der Waals surface area contributed by atoms with Crippen molar-refractivity contribution in [3.63, 3.8) is 0 Å². The molecule has 0 aliphatic rings. The first-order chi connectivity index (χ1) is 9.72. The Labute approximate surface area is 123 Å². The van der Waals surface area contributed by atoms with Gasteiger partial charge in [-0.3, -0.25) is 0 Å². The fourth-order valence-electron chi connectivity index (χ4n) is 2.24. The second-order valence-corrected chi connectivity index (χ2v) is 5.68. The van der Waals surface area contributed by atoms with Crippen molar-refractivity contribution in [2.75, 3.05) is 0 Å². The largest absolute Gasteiger partial charge is 0.478 e. The van der Waals surface area contributed by atoms with E-state index in [1.165, 1.54) is 4.88 Å². The topological polar surface area (TPSA) is 49.3 Å². The van der Waals surface area contributed by atoms with Gasteiger partial charge in [0.25, 0.3) is 0 Å². The van der Waals surface area contributed by atoms with Gasteiger partial charge in [-0.05, 0) is 29.5 Å².